The number of unbranched alkanes of at least 4 members (excludes halogenated alkanes) is 2. The van der Waals surface area contributed by atoms with Gasteiger partial charge < -0.3 is 0 Å². The van der Waals surface area contributed by atoms with Crippen LogP contribution in [0.3, 0.4) is 0 Å². The highest BCUT2D eigenvalue weighted by Gasteiger charge is 1.71. The van der Waals surface area contributed by atoms with Gasteiger partial charge in [-0.1, -0.05) is 39.8 Å². The molecular weight excluding hydrogens is 84.1 g/mol. The number of allylic oxidation sites excluding steroid dienone is 1. The third kappa shape index (κ3) is 10.7. The number of hydrogen-bond acceptors (Lipinski definition) is 0. The van der Waals surface area contributed by atoms with Crippen LogP contribution in [-0.4, -0.2) is 0 Å². The molecule has 0 aliphatic rings. The monoisotopic (exact) mass is 99.1 g/mol. The minimum atomic E-state index is 0. The van der Waals surface area contributed by atoms with Crippen LogP contribution < -0.4 is 0 Å². The highest BCUT2D eigenvalue weighted by Crippen LogP contribution is 1.91. The van der Waals surface area contributed by atoms with E-state index in [4.69, 9.17) is 6.58 Å². The lowest BCUT2D eigenvalue weighted by Crippen LogP contribution is -1.62. The lowest BCUT2D eigenvalue weighted by atomic mass is 10.3. The predicted molar refractivity (Wildman–Crippen MR) is 35.1 cm³/mol. The summed E-state index contributed by atoms with van der Waals surface area (Å²) in [7, 11) is 0. The summed E-state index contributed by atoms with van der Waals surface area (Å²) in [5, 5.41) is 0. The topological polar surface area (TPSA) is 0 Å². The first-order valence-corrected chi connectivity index (χ1v) is 2.45. The maximum Gasteiger partial charge on any atom is -0.0348 e. The van der Waals surface area contributed by atoms with Crippen molar-refractivity contribution in [3.8, 4) is 0 Å². The van der Waals surface area contributed by atoms with Crippen LogP contribution in [0.4, 0.5) is 0 Å². The highest BCUT2D eigenvalue weighted by atomic mass is 13.8. The summed E-state index contributed by atoms with van der Waals surface area (Å²) in [6.45, 7) is 7.25. The summed E-state index contributed by atoms with van der Waals surface area (Å²) in [6, 6.07) is 0. The highest BCUT2D eigenvalue weighted by molar-refractivity contribution is 4.59. The fourth-order valence-corrected chi connectivity index (χ4v) is 0.322. The zero-order valence-electron chi connectivity index (χ0n) is 4.28. The largest absolute Gasteiger partial charge is 0.0845 e. The molecule has 0 rings (SSSR count). The van der Waals surface area contributed by atoms with E-state index in [2.05, 4.69) is 6.92 Å². The summed E-state index contributed by atoms with van der Waals surface area (Å²) < 4.78 is 0. The first kappa shape index (κ1) is 9.88. The van der Waals surface area contributed by atoms with Gasteiger partial charge in [-0.15, -0.1) is 0 Å². The molecule has 0 aromatic rings. The molecule has 0 atom stereocenters. The molecule has 0 amide bonds. The molecule has 0 aromatic heterocycles. The van der Waals surface area contributed by atoms with Crippen LogP contribution in [0.5, 0.6) is 0 Å². The van der Waals surface area contributed by atoms with E-state index in [1.165, 1.54) is 12.8 Å². The van der Waals surface area contributed by atoms with E-state index in [9.17, 15) is 0 Å². The first-order valence-electron chi connectivity index (χ1n) is 2.45. The van der Waals surface area contributed by atoms with Gasteiger partial charge in [-0.05, 0) is 6.42 Å². The van der Waals surface area contributed by atoms with E-state index in [0.29, 0.717) is 0 Å². The van der Waals surface area contributed by atoms with Gasteiger partial charge in [0.2, 0.25) is 0 Å². The molecule has 0 N–H and O–H groups in total. The van der Waals surface area contributed by atoms with Crippen molar-refractivity contribution in [3.05, 3.63) is 12.7 Å². The quantitative estimate of drug-likeness (QED) is 0.477. The molecule has 0 aromatic carbocycles. The second-order valence-corrected chi connectivity index (χ2v) is 1.38. The SMILES string of the molecule is C.[CH]=CCCCC. The fourth-order valence-electron chi connectivity index (χ4n) is 0.322. The Morgan fingerprint density at radius 3 is 2.29 bits per heavy atom. The van der Waals surface area contributed by atoms with Gasteiger partial charge >= 0.3 is 0 Å². The van der Waals surface area contributed by atoms with Crippen LogP contribution in [0.25, 0.3) is 0 Å². The standard InChI is InChI=1S/C6H11.CH4/c1-3-5-6-4-2;/h1,3H,4-6H2,2H3;1H4. The average Bonchev–Trinajstić information content (AvgIpc) is 1.61. The van der Waals surface area contributed by atoms with Gasteiger partial charge in [0.15, 0.2) is 0 Å². The van der Waals surface area contributed by atoms with E-state index < -0.39 is 0 Å². The van der Waals surface area contributed by atoms with Crippen molar-refractivity contribution in [2.24, 2.45) is 0 Å². The van der Waals surface area contributed by atoms with Crippen LogP contribution in [0.15, 0.2) is 6.08 Å². The van der Waals surface area contributed by atoms with Gasteiger partial charge in [0.25, 0.3) is 0 Å². The van der Waals surface area contributed by atoms with Crippen LogP contribution >= 0.6 is 0 Å². The van der Waals surface area contributed by atoms with Crippen molar-refractivity contribution in [3.63, 3.8) is 0 Å². The second kappa shape index (κ2) is 9.22. The third-order valence-corrected chi connectivity index (χ3v) is 0.724. The van der Waals surface area contributed by atoms with Crippen LogP contribution in [0.2, 0.25) is 0 Å². The molecule has 0 saturated heterocycles. The molecule has 0 spiro atoms. The maximum absolute atomic E-state index is 5.09. The molecule has 1 radical (unpaired) electrons. The first-order chi connectivity index (χ1) is 2.91. The van der Waals surface area contributed by atoms with Crippen molar-refractivity contribution in [2.45, 2.75) is 33.6 Å². The minimum absolute atomic E-state index is 0. The third-order valence-electron chi connectivity index (χ3n) is 0.724. The normalized spacial score (nSPS) is 7.00. The summed E-state index contributed by atoms with van der Waals surface area (Å²) in [6.07, 6.45) is 5.25. The van der Waals surface area contributed by atoms with Crippen LogP contribution in [0.1, 0.15) is 33.6 Å². The molecule has 0 fully saturated rings. The average molecular weight is 99.2 g/mol. The zero-order valence-corrected chi connectivity index (χ0v) is 4.28. The molecule has 0 heteroatoms. The zero-order chi connectivity index (χ0) is 4.83. The van der Waals surface area contributed by atoms with Gasteiger partial charge in [-0.2, -0.15) is 0 Å². The lowest BCUT2D eigenvalue weighted by Gasteiger charge is -1.81. The number of rotatable bonds is 3. The van der Waals surface area contributed by atoms with Crippen molar-refractivity contribution in [2.75, 3.05) is 0 Å². The van der Waals surface area contributed by atoms with Crippen molar-refractivity contribution in [1.29, 1.82) is 0 Å². The Kier molecular flexibility index (Phi) is 13.0. The van der Waals surface area contributed by atoms with E-state index >= 15 is 0 Å². The molecule has 0 aliphatic heterocycles. The van der Waals surface area contributed by atoms with Gasteiger partial charge in [-0.3, -0.25) is 0 Å². The maximum atomic E-state index is 5.09. The Balaban J connectivity index is 0. The second-order valence-electron chi connectivity index (χ2n) is 1.38. The molecule has 43 valence electrons. The van der Waals surface area contributed by atoms with Crippen molar-refractivity contribution in [1.82, 2.24) is 0 Å². The Bertz CT molecular complexity index is 29.0. The van der Waals surface area contributed by atoms with E-state index in [0.717, 1.165) is 6.42 Å². The van der Waals surface area contributed by atoms with E-state index in [-0.39, 0.29) is 7.43 Å². The summed E-state index contributed by atoms with van der Waals surface area (Å²) in [4.78, 5) is 0. The van der Waals surface area contributed by atoms with Crippen molar-refractivity contribution < 1.29 is 0 Å². The van der Waals surface area contributed by atoms with Gasteiger partial charge in [0.1, 0.15) is 0 Å². The molecule has 0 bridgehead atoms. The Hall–Kier alpha value is -0.260. The van der Waals surface area contributed by atoms with Crippen molar-refractivity contribution >= 4 is 0 Å². The lowest BCUT2D eigenvalue weighted by molar-refractivity contribution is 0.815. The molecule has 7 heavy (non-hydrogen) atoms. The Morgan fingerprint density at radius 2 is 2.14 bits per heavy atom. The molecule has 0 heterocycles. The Labute approximate surface area is 47.2 Å². The summed E-state index contributed by atoms with van der Waals surface area (Å²) >= 11 is 0. The molecular formula is C7H15. The van der Waals surface area contributed by atoms with E-state index in [1.807, 2.05) is 0 Å². The fraction of sp³-hybridized carbons (Fsp3) is 0.714. The number of hydrogen-bond donors (Lipinski definition) is 0. The van der Waals surface area contributed by atoms with Gasteiger partial charge in [0.05, 0.1) is 0 Å². The van der Waals surface area contributed by atoms with Crippen LogP contribution in [0, 0.1) is 6.58 Å². The van der Waals surface area contributed by atoms with Gasteiger partial charge in [0, 0.05) is 0 Å². The predicted octanol–water partition coefficient (Wildman–Crippen LogP) is 2.80. The summed E-state index contributed by atoms with van der Waals surface area (Å²) in [5.41, 5.74) is 0. The van der Waals surface area contributed by atoms with E-state index in [1.54, 1.807) is 6.08 Å². The minimum Gasteiger partial charge on any atom is -0.0845 e. The molecule has 0 aliphatic carbocycles. The Morgan fingerprint density at radius 1 is 1.57 bits per heavy atom. The smallest absolute Gasteiger partial charge is 0.0348 e. The van der Waals surface area contributed by atoms with Crippen LogP contribution in [-0.2, 0) is 0 Å². The van der Waals surface area contributed by atoms with Gasteiger partial charge in [-0.25, -0.2) is 0 Å². The molecule has 0 nitrogen and oxygen atoms in total. The summed E-state index contributed by atoms with van der Waals surface area (Å²) in [5.74, 6) is 0. The molecule has 0 saturated carbocycles. The molecule has 0 unspecified atom stereocenters.